The van der Waals surface area contributed by atoms with Crippen LogP contribution in [-0.2, 0) is 11.3 Å². The number of ether oxygens (including phenoxy) is 3. The van der Waals surface area contributed by atoms with Crippen LogP contribution in [0.3, 0.4) is 0 Å². The third kappa shape index (κ3) is 4.78. The Morgan fingerprint density at radius 2 is 2.07 bits per heavy atom. The normalized spacial score (nSPS) is 17.0. The van der Waals surface area contributed by atoms with Crippen LogP contribution >= 0.6 is 0 Å². The average Bonchev–Trinajstić information content (AvgIpc) is 3.23. The summed E-state index contributed by atoms with van der Waals surface area (Å²) in [6.07, 6.45) is 3.63. The predicted octanol–water partition coefficient (Wildman–Crippen LogP) is 2.03. The van der Waals surface area contributed by atoms with Gasteiger partial charge < -0.3 is 24.4 Å². The van der Waals surface area contributed by atoms with E-state index in [1.54, 1.807) is 18.1 Å². The van der Waals surface area contributed by atoms with Crippen LogP contribution in [0, 0.1) is 0 Å². The van der Waals surface area contributed by atoms with E-state index < -0.39 is 0 Å². The fourth-order valence-electron chi connectivity index (χ4n) is 3.62. The van der Waals surface area contributed by atoms with Gasteiger partial charge in [-0.3, -0.25) is 9.88 Å². The van der Waals surface area contributed by atoms with Gasteiger partial charge in [-0.15, -0.1) is 0 Å². The summed E-state index contributed by atoms with van der Waals surface area (Å²) in [6, 6.07) is 9.66. The van der Waals surface area contributed by atoms with Crippen molar-refractivity contribution in [1.82, 2.24) is 20.1 Å². The zero-order chi connectivity index (χ0) is 20.1. The van der Waals surface area contributed by atoms with Gasteiger partial charge in [0.15, 0.2) is 11.5 Å². The minimum absolute atomic E-state index is 0.0653. The maximum atomic E-state index is 12.7. The van der Waals surface area contributed by atoms with Crippen LogP contribution in [0.2, 0.25) is 0 Å². The number of hydrogen-bond acceptors (Lipinski definition) is 6. The summed E-state index contributed by atoms with van der Waals surface area (Å²) < 4.78 is 16.2. The highest BCUT2D eigenvalue weighted by molar-refractivity contribution is 5.74. The Hall–Kier alpha value is -2.84. The lowest BCUT2D eigenvalue weighted by Crippen LogP contribution is -2.46. The number of nitrogens with one attached hydrogen (secondary N) is 1. The third-order valence-corrected chi connectivity index (χ3v) is 5.21. The van der Waals surface area contributed by atoms with Crippen molar-refractivity contribution in [3.63, 3.8) is 0 Å². The topological polar surface area (TPSA) is 76.2 Å². The smallest absolute Gasteiger partial charge is 0.317 e. The molecule has 29 heavy (non-hydrogen) atoms. The molecule has 154 valence electrons. The van der Waals surface area contributed by atoms with E-state index in [0.717, 1.165) is 35.7 Å². The molecule has 8 heteroatoms. The van der Waals surface area contributed by atoms with Crippen LogP contribution in [-0.4, -0.2) is 67.5 Å². The molecule has 8 nitrogen and oxygen atoms in total. The molecule has 2 aliphatic rings. The van der Waals surface area contributed by atoms with Crippen LogP contribution in [0.25, 0.3) is 0 Å². The lowest BCUT2D eigenvalue weighted by Gasteiger charge is -2.35. The van der Waals surface area contributed by atoms with Crippen molar-refractivity contribution in [2.24, 2.45) is 0 Å². The van der Waals surface area contributed by atoms with Crippen molar-refractivity contribution in [2.75, 3.05) is 46.7 Å². The molecule has 4 rings (SSSR count). The summed E-state index contributed by atoms with van der Waals surface area (Å²) >= 11 is 0. The molecule has 0 radical (unpaired) electrons. The second-order valence-corrected chi connectivity index (χ2v) is 7.18. The van der Waals surface area contributed by atoms with Crippen molar-refractivity contribution in [1.29, 1.82) is 0 Å². The quantitative estimate of drug-likeness (QED) is 0.802. The van der Waals surface area contributed by atoms with E-state index in [1.807, 2.05) is 30.5 Å². The highest BCUT2D eigenvalue weighted by Gasteiger charge is 2.24. The lowest BCUT2D eigenvalue weighted by molar-refractivity contribution is 0.0164. The highest BCUT2D eigenvalue weighted by Crippen LogP contribution is 2.32. The van der Waals surface area contributed by atoms with E-state index in [4.69, 9.17) is 14.2 Å². The Morgan fingerprint density at radius 3 is 2.86 bits per heavy atom. The minimum Gasteiger partial charge on any atom is -0.454 e. The van der Waals surface area contributed by atoms with Crippen molar-refractivity contribution in [3.05, 3.63) is 53.9 Å². The van der Waals surface area contributed by atoms with E-state index in [2.05, 4.69) is 21.3 Å². The van der Waals surface area contributed by atoms with Crippen LogP contribution in [0.15, 0.2) is 42.7 Å². The van der Waals surface area contributed by atoms with E-state index in [-0.39, 0.29) is 18.9 Å². The van der Waals surface area contributed by atoms with Gasteiger partial charge in [0.25, 0.3) is 0 Å². The summed E-state index contributed by atoms with van der Waals surface area (Å²) in [6.45, 7) is 4.31. The molecule has 2 amide bonds. The van der Waals surface area contributed by atoms with Gasteiger partial charge >= 0.3 is 6.03 Å². The molecule has 1 N–H and O–H groups in total. The molecule has 1 fully saturated rings. The molecule has 0 bridgehead atoms. The van der Waals surface area contributed by atoms with Gasteiger partial charge in [-0.1, -0.05) is 12.1 Å². The minimum atomic E-state index is -0.121. The van der Waals surface area contributed by atoms with Crippen molar-refractivity contribution in [2.45, 2.75) is 12.6 Å². The maximum absolute atomic E-state index is 12.7. The second-order valence-electron chi connectivity index (χ2n) is 7.18. The standard InChI is InChI=1S/C21H26N4O4/c1-24(14-16-4-5-19-20(11-16)29-15-28-19)21(26)23-13-18(17-3-2-6-22-12-17)25-7-9-27-10-8-25/h2-6,11-12,18H,7-10,13-15H2,1H3,(H,23,26)/t18-/m1/s1. The summed E-state index contributed by atoms with van der Waals surface area (Å²) in [5.41, 5.74) is 2.08. The molecule has 0 unspecified atom stereocenters. The first-order chi connectivity index (χ1) is 14.2. The number of benzene rings is 1. The zero-order valence-corrected chi connectivity index (χ0v) is 16.5. The number of fused-ring (bicyclic) bond motifs is 1. The number of urea groups is 1. The molecule has 1 saturated heterocycles. The number of amides is 2. The molecule has 0 aliphatic carbocycles. The van der Waals surface area contributed by atoms with Crippen LogP contribution < -0.4 is 14.8 Å². The van der Waals surface area contributed by atoms with E-state index >= 15 is 0 Å². The van der Waals surface area contributed by atoms with Crippen molar-refractivity contribution in [3.8, 4) is 11.5 Å². The number of nitrogens with zero attached hydrogens (tertiary/aromatic N) is 3. The first-order valence-electron chi connectivity index (χ1n) is 9.80. The van der Waals surface area contributed by atoms with Crippen LogP contribution in [0.1, 0.15) is 17.2 Å². The molecule has 2 aromatic rings. The average molecular weight is 398 g/mol. The van der Waals surface area contributed by atoms with Gasteiger partial charge in [0.05, 0.1) is 19.3 Å². The number of morpholine rings is 1. The largest absolute Gasteiger partial charge is 0.454 e. The Kier molecular flexibility index (Phi) is 6.12. The summed E-state index contributed by atoms with van der Waals surface area (Å²) in [7, 11) is 1.79. The number of carbonyl (C=O) groups is 1. The monoisotopic (exact) mass is 398 g/mol. The number of carbonyl (C=O) groups excluding carboxylic acids is 1. The number of pyridine rings is 1. The molecule has 3 heterocycles. The summed E-state index contributed by atoms with van der Waals surface area (Å²) in [5.74, 6) is 1.46. The first kappa shape index (κ1) is 19.5. The Bertz CT molecular complexity index is 827. The third-order valence-electron chi connectivity index (χ3n) is 5.21. The molecule has 1 atom stereocenters. The Balaban J connectivity index is 1.36. The molecule has 1 aromatic carbocycles. The molecular weight excluding hydrogens is 372 g/mol. The molecule has 1 aromatic heterocycles. The zero-order valence-electron chi connectivity index (χ0n) is 16.5. The summed E-state index contributed by atoms with van der Waals surface area (Å²) in [5, 5.41) is 3.07. The van der Waals surface area contributed by atoms with Crippen molar-refractivity contribution < 1.29 is 19.0 Å². The SMILES string of the molecule is CN(Cc1ccc2c(c1)OCO2)C(=O)NC[C@H](c1cccnc1)N1CCOCC1. The number of hydrogen-bond donors (Lipinski definition) is 1. The fraction of sp³-hybridized carbons (Fsp3) is 0.429. The molecule has 2 aliphatic heterocycles. The first-order valence-corrected chi connectivity index (χ1v) is 9.80. The molecule has 0 spiro atoms. The van der Waals surface area contributed by atoms with Gasteiger partial charge in [0.2, 0.25) is 6.79 Å². The Labute approximate surface area is 170 Å². The Morgan fingerprint density at radius 1 is 1.24 bits per heavy atom. The maximum Gasteiger partial charge on any atom is 0.317 e. The van der Waals surface area contributed by atoms with Crippen LogP contribution in [0.4, 0.5) is 4.79 Å². The van der Waals surface area contributed by atoms with Gasteiger partial charge in [-0.05, 0) is 29.3 Å². The highest BCUT2D eigenvalue weighted by atomic mass is 16.7. The van der Waals surface area contributed by atoms with E-state index in [9.17, 15) is 4.79 Å². The van der Waals surface area contributed by atoms with Gasteiger partial charge in [-0.25, -0.2) is 4.79 Å². The van der Waals surface area contributed by atoms with Crippen molar-refractivity contribution >= 4 is 6.03 Å². The van der Waals surface area contributed by atoms with Gasteiger partial charge in [0.1, 0.15) is 0 Å². The van der Waals surface area contributed by atoms with E-state index in [1.165, 1.54) is 0 Å². The lowest BCUT2D eigenvalue weighted by atomic mass is 10.1. The predicted molar refractivity (Wildman–Crippen MR) is 107 cm³/mol. The summed E-state index contributed by atoms with van der Waals surface area (Å²) in [4.78, 5) is 20.9. The van der Waals surface area contributed by atoms with Gasteiger partial charge in [0, 0.05) is 45.6 Å². The van der Waals surface area contributed by atoms with E-state index in [0.29, 0.717) is 26.3 Å². The number of rotatable bonds is 6. The fourth-order valence-corrected chi connectivity index (χ4v) is 3.62. The molecule has 0 saturated carbocycles. The second kappa shape index (κ2) is 9.11. The van der Waals surface area contributed by atoms with Gasteiger partial charge in [-0.2, -0.15) is 0 Å². The molecular formula is C21H26N4O4. The van der Waals surface area contributed by atoms with Crippen LogP contribution in [0.5, 0.6) is 11.5 Å². The number of aromatic nitrogens is 1.